The first-order valence-corrected chi connectivity index (χ1v) is 7.87. The van der Waals surface area contributed by atoms with Crippen LogP contribution in [0.3, 0.4) is 0 Å². The lowest BCUT2D eigenvalue weighted by atomic mass is 9.93. The standard InChI is InChI=1S/C18H20F2N2S/c1-11(2)17(14-7-5-4-6-12(14)3)22-18(23)21-16-9-8-13(19)10-15(16)20/h4-11,17H,1-3H3,(H2,21,22,23)/t17-/m0/s1. The highest BCUT2D eigenvalue weighted by molar-refractivity contribution is 7.80. The summed E-state index contributed by atoms with van der Waals surface area (Å²) in [6, 6.07) is 11.4. The highest BCUT2D eigenvalue weighted by atomic mass is 32.1. The SMILES string of the molecule is Cc1ccccc1[C@@H](NC(=S)Nc1ccc(F)cc1F)C(C)C. The summed E-state index contributed by atoms with van der Waals surface area (Å²) in [5.74, 6) is -1.01. The van der Waals surface area contributed by atoms with Crippen molar-refractivity contribution in [3.8, 4) is 0 Å². The fourth-order valence-corrected chi connectivity index (χ4v) is 2.67. The Hall–Kier alpha value is -2.01. The minimum atomic E-state index is -0.675. The zero-order valence-electron chi connectivity index (χ0n) is 13.4. The molecule has 122 valence electrons. The number of benzene rings is 2. The van der Waals surface area contributed by atoms with Crippen LogP contribution >= 0.6 is 12.2 Å². The average molecular weight is 334 g/mol. The highest BCUT2D eigenvalue weighted by Crippen LogP contribution is 2.25. The lowest BCUT2D eigenvalue weighted by Gasteiger charge is -2.26. The van der Waals surface area contributed by atoms with Gasteiger partial charge in [0.05, 0.1) is 11.7 Å². The molecule has 2 aromatic rings. The highest BCUT2D eigenvalue weighted by Gasteiger charge is 2.18. The molecule has 0 heterocycles. The molecule has 0 saturated heterocycles. The largest absolute Gasteiger partial charge is 0.355 e. The molecular formula is C18H20F2N2S. The predicted octanol–water partition coefficient (Wildman–Crippen LogP) is 4.96. The molecule has 23 heavy (non-hydrogen) atoms. The fourth-order valence-electron chi connectivity index (χ4n) is 2.43. The van der Waals surface area contributed by atoms with Gasteiger partial charge < -0.3 is 10.6 Å². The maximum atomic E-state index is 13.7. The van der Waals surface area contributed by atoms with Gasteiger partial charge in [0.2, 0.25) is 0 Å². The van der Waals surface area contributed by atoms with E-state index in [1.54, 1.807) is 0 Å². The molecule has 2 N–H and O–H groups in total. The van der Waals surface area contributed by atoms with Crippen LogP contribution in [0.15, 0.2) is 42.5 Å². The van der Waals surface area contributed by atoms with Gasteiger partial charge in [0.15, 0.2) is 5.11 Å². The van der Waals surface area contributed by atoms with Gasteiger partial charge in [-0.05, 0) is 48.3 Å². The monoisotopic (exact) mass is 334 g/mol. The van der Waals surface area contributed by atoms with Crippen LogP contribution in [0.5, 0.6) is 0 Å². The van der Waals surface area contributed by atoms with E-state index in [-0.39, 0.29) is 17.6 Å². The molecule has 1 atom stereocenters. The minimum absolute atomic E-state index is 0.000269. The summed E-state index contributed by atoms with van der Waals surface area (Å²) in [6.07, 6.45) is 0. The molecule has 0 aliphatic heterocycles. The van der Waals surface area contributed by atoms with Crippen LogP contribution < -0.4 is 10.6 Å². The number of rotatable bonds is 4. The maximum Gasteiger partial charge on any atom is 0.171 e. The number of nitrogens with one attached hydrogen (secondary N) is 2. The van der Waals surface area contributed by atoms with Gasteiger partial charge in [-0.2, -0.15) is 0 Å². The Morgan fingerprint density at radius 1 is 1.09 bits per heavy atom. The Kier molecular flexibility index (Phi) is 5.66. The summed E-state index contributed by atoms with van der Waals surface area (Å²) in [5.41, 5.74) is 2.46. The van der Waals surface area contributed by atoms with E-state index in [0.717, 1.165) is 17.2 Å². The third-order valence-corrected chi connectivity index (χ3v) is 3.88. The maximum absolute atomic E-state index is 13.7. The summed E-state index contributed by atoms with van der Waals surface area (Å²) < 4.78 is 26.7. The first-order chi connectivity index (χ1) is 10.9. The molecule has 0 spiro atoms. The Bertz CT molecular complexity index is 701. The molecule has 0 saturated carbocycles. The number of hydrogen-bond donors (Lipinski definition) is 2. The van der Waals surface area contributed by atoms with E-state index in [2.05, 4.69) is 24.5 Å². The second-order valence-corrected chi connectivity index (χ2v) is 6.21. The van der Waals surface area contributed by atoms with Crippen molar-refractivity contribution in [3.05, 3.63) is 65.2 Å². The molecule has 0 unspecified atom stereocenters. The van der Waals surface area contributed by atoms with Crippen LogP contribution in [0.2, 0.25) is 0 Å². The number of aryl methyl sites for hydroxylation is 1. The van der Waals surface area contributed by atoms with Gasteiger partial charge in [-0.15, -0.1) is 0 Å². The molecule has 0 radical (unpaired) electrons. The average Bonchev–Trinajstić information content (AvgIpc) is 2.48. The van der Waals surface area contributed by atoms with Crippen molar-refractivity contribution in [1.82, 2.24) is 5.32 Å². The molecule has 0 bridgehead atoms. The lowest BCUT2D eigenvalue weighted by Crippen LogP contribution is -2.35. The second-order valence-electron chi connectivity index (χ2n) is 5.80. The quantitative estimate of drug-likeness (QED) is 0.773. The van der Waals surface area contributed by atoms with Gasteiger partial charge in [-0.25, -0.2) is 8.78 Å². The summed E-state index contributed by atoms with van der Waals surface area (Å²) in [7, 11) is 0. The van der Waals surface area contributed by atoms with Gasteiger partial charge in [0.1, 0.15) is 11.6 Å². The van der Waals surface area contributed by atoms with E-state index in [1.165, 1.54) is 12.1 Å². The molecule has 2 rings (SSSR count). The van der Waals surface area contributed by atoms with Crippen LogP contribution in [0, 0.1) is 24.5 Å². The van der Waals surface area contributed by atoms with E-state index in [4.69, 9.17) is 12.2 Å². The predicted molar refractivity (Wildman–Crippen MR) is 94.5 cm³/mol. The third-order valence-electron chi connectivity index (χ3n) is 3.66. The Morgan fingerprint density at radius 2 is 1.78 bits per heavy atom. The van der Waals surface area contributed by atoms with E-state index in [9.17, 15) is 8.78 Å². The molecule has 0 aromatic heterocycles. The van der Waals surface area contributed by atoms with Crippen LogP contribution in [0.4, 0.5) is 14.5 Å². The zero-order chi connectivity index (χ0) is 17.0. The summed E-state index contributed by atoms with van der Waals surface area (Å²) in [6.45, 7) is 6.22. The van der Waals surface area contributed by atoms with E-state index in [0.29, 0.717) is 5.11 Å². The zero-order valence-corrected chi connectivity index (χ0v) is 14.2. The lowest BCUT2D eigenvalue weighted by molar-refractivity contribution is 0.471. The number of hydrogen-bond acceptors (Lipinski definition) is 1. The molecule has 0 fully saturated rings. The minimum Gasteiger partial charge on any atom is -0.355 e. The molecule has 0 aliphatic rings. The van der Waals surface area contributed by atoms with Crippen molar-refractivity contribution in [2.24, 2.45) is 5.92 Å². The van der Waals surface area contributed by atoms with Crippen molar-refractivity contribution in [2.45, 2.75) is 26.8 Å². The van der Waals surface area contributed by atoms with Gasteiger partial charge in [-0.3, -0.25) is 0 Å². The molecule has 0 amide bonds. The first-order valence-electron chi connectivity index (χ1n) is 7.46. The Labute approximate surface area is 140 Å². The third kappa shape index (κ3) is 4.48. The van der Waals surface area contributed by atoms with Gasteiger partial charge in [0, 0.05) is 6.07 Å². The second kappa shape index (κ2) is 7.51. The van der Waals surface area contributed by atoms with Crippen molar-refractivity contribution in [2.75, 3.05) is 5.32 Å². The molecule has 2 nitrogen and oxygen atoms in total. The van der Waals surface area contributed by atoms with Gasteiger partial charge >= 0.3 is 0 Å². The van der Waals surface area contributed by atoms with Crippen molar-refractivity contribution < 1.29 is 8.78 Å². The number of anilines is 1. The number of halogens is 2. The summed E-state index contributed by atoms with van der Waals surface area (Å²) in [5, 5.41) is 6.32. The van der Waals surface area contributed by atoms with Crippen molar-refractivity contribution in [1.29, 1.82) is 0 Å². The summed E-state index contributed by atoms with van der Waals surface area (Å²) in [4.78, 5) is 0. The van der Waals surface area contributed by atoms with E-state index < -0.39 is 11.6 Å². The molecule has 2 aromatic carbocycles. The topological polar surface area (TPSA) is 24.1 Å². The smallest absolute Gasteiger partial charge is 0.171 e. The van der Waals surface area contributed by atoms with Crippen LogP contribution in [0.1, 0.15) is 31.0 Å². The van der Waals surface area contributed by atoms with Crippen LogP contribution in [0.25, 0.3) is 0 Å². The van der Waals surface area contributed by atoms with Crippen LogP contribution in [-0.2, 0) is 0 Å². The molecule has 5 heteroatoms. The number of thiocarbonyl (C=S) groups is 1. The van der Waals surface area contributed by atoms with Gasteiger partial charge in [0.25, 0.3) is 0 Å². The molecular weight excluding hydrogens is 314 g/mol. The van der Waals surface area contributed by atoms with Crippen molar-refractivity contribution >= 4 is 23.0 Å². The summed E-state index contributed by atoms with van der Waals surface area (Å²) >= 11 is 5.28. The fraction of sp³-hybridized carbons (Fsp3) is 0.278. The Balaban J connectivity index is 2.14. The Morgan fingerprint density at radius 3 is 2.39 bits per heavy atom. The van der Waals surface area contributed by atoms with E-state index in [1.807, 2.05) is 31.2 Å². The van der Waals surface area contributed by atoms with Crippen molar-refractivity contribution in [3.63, 3.8) is 0 Å². The van der Waals surface area contributed by atoms with Gasteiger partial charge in [-0.1, -0.05) is 38.1 Å². The normalized spacial score (nSPS) is 12.1. The van der Waals surface area contributed by atoms with E-state index >= 15 is 0 Å². The molecule has 0 aliphatic carbocycles. The van der Waals surface area contributed by atoms with Crippen LogP contribution in [-0.4, -0.2) is 5.11 Å². The first kappa shape index (κ1) is 17.3.